The summed E-state index contributed by atoms with van der Waals surface area (Å²) in [6.45, 7) is 1.85. The number of pyridine rings is 1. The molecule has 0 fully saturated rings. The van der Waals surface area contributed by atoms with Crippen LogP contribution in [-0.4, -0.2) is 12.1 Å². The van der Waals surface area contributed by atoms with Crippen molar-refractivity contribution in [3.63, 3.8) is 0 Å². The minimum absolute atomic E-state index is 0.577. The fourth-order valence-electron chi connectivity index (χ4n) is 1.04. The van der Waals surface area contributed by atoms with Crippen LogP contribution in [0.1, 0.15) is 12.6 Å². The van der Waals surface area contributed by atoms with Crippen molar-refractivity contribution >= 4 is 50.5 Å². The Morgan fingerprint density at radius 1 is 1.73 bits per heavy atom. The fraction of sp³-hybridized carbons (Fsp3) is 0.222. The molecule has 0 saturated carbocycles. The number of nitrogens with one attached hydrogen (secondary N) is 2. The van der Waals surface area contributed by atoms with Gasteiger partial charge in [0.05, 0.1) is 26.8 Å². The van der Waals surface area contributed by atoms with Crippen molar-refractivity contribution in [2.24, 2.45) is 0 Å². The summed E-state index contributed by atoms with van der Waals surface area (Å²) < 4.78 is 1.40. The minimum atomic E-state index is 0.577. The number of hydrogen-bond donors (Lipinski definition) is 2. The van der Waals surface area contributed by atoms with Gasteiger partial charge in [-0.2, -0.15) is 0 Å². The molecule has 0 aliphatic heterocycles. The van der Waals surface area contributed by atoms with E-state index in [1.54, 1.807) is 12.3 Å². The Bertz CT molecular complexity index is 444. The number of aromatic nitrogens is 1. The lowest BCUT2D eigenvalue weighted by atomic mass is 10.3. The van der Waals surface area contributed by atoms with Crippen molar-refractivity contribution in [2.45, 2.75) is 6.92 Å². The summed E-state index contributed by atoms with van der Waals surface area (Å²) in [6.07, 6.45) is 3.52. The van der Waals surface area contributed by atoms with Crippen LogP contribution in [0.4, 0.5) is 5.69 Å². The van der Waals surface area contributed by atoms with Gasteiger partial charge in [0, 0.05) is 6.20 Å². The van der Waals surface area contributed by atoms with Crippen LogP contribution in [0.2, 0.25) is 0 Å². The number of halogens is 2. The monoisotopic (exact) mass is 308 g/mol. The van der Waals surface area contributed by atoms with Crippen molar-refractivity contribution in [3.8, 4) is 0 Å². The Hall–Kier alpha value is -0.360. The maximum absolute atomic E-state index is 6.03. The zero-order chi connectivity index (χ0) is 11.4. The molecule has 0 unspecified atom stereocenters. The van der Waals surface area contributed by atoms with E-state index in [4.69, 9.17) is 28.7 Å². The highest BCUT2D eigenvalue weighted by Gasteiger charge is 2.09. The molecule has 0 aliphatic carbocycles. The van der Waals surface area contributed by atoms with Gasteiger partial charge in [-0.05, 0) is 22.9 Å². The molecule has 0 aliphatic rings. The Balaban J connectivity index is 3.40. The van der Waals surface area contributed by atoms with Crippen molar-refractivity contribution in [1.82, 2.24) is 4.98 Å². The molecule has 0 bridgehead atoms. The molecule has 0 amide bonds. The Morgan fingerprint density at radius 2 is 2.40 bits per heavy atom. The molecule has 15 heavy (non-hydrogen) atoms. The van der Waals surface area contributed by atoms with Crippen LogP contribution < -0.4 is 5.48 Å². The molecule has 0 atom stereocenters. The van der Waals surface area contributed by atoms with Crippen molar-refractivity contribution < 1.29 is 4.84 Å². The normalized spacial score (nSPS) is 11.6. The Morgan fingerprint density at radius 3 is 2.93 bits per heavy atom. The maximum Gasteiger partial charge on any atom is 0.105 e. The molecule has 0 spiro atoms. The fourth-order valence-corrected chi connectivity index (χ4v) is 1.70. The largest absolute Gasteiger partial charge is 0.358 e. The smallest absolute Gasteiger partial charge is 0.105 e. The lowest BCUT2D eigenvalue weighted by Crippen LogP contribution is -2.01. The van der Waals surface area contributed by atoms with Gasteiger partial charge in [0.1, 0.15) is 5.69 Å². The Labute approximate surface area is 107 Å². The standard InChI is InChI=1S/C9H10BrClN2OS/c1-3-6(11)7-8(13-14-2)9(15)5(10)4-12-7/h3-4,13H,1-2H3,(H,12,15)/b6-3+. The summed E-state index contributed by atoms with van der Waals surface area (Å²) in [4.78, 5) is 7.88. The highest BCUT2D eigenvalue weighted by atomic mass is 79.9. The average Bonchev–Trinajstić information content (AvgIpc) is 2.24. The molecule has 1 aromatic heterocycles. The predicted octanol–water partition coefficient (Wildman–Crippen LogP) is 4.08. The number of aromatic amines is 1. The van der Waals surface area contributed by atoms with Gasteiger partial charge in [-0.15, -0.1) is 0 Å². The van der Waals surface area contributed by atoms with Crippen LogP contribution in [0.3, 0.4) is 0 Å². The molecule has 2 N–H and O–H groups in total. The lowest BCUT2D eigenvalue weighted by Gasteiger charge is -2.10. The number of anilines is 1. The molecule has 0 aromatic carbocycles. The van der Waals surface area contributed by atoms with E-state index in [2.05, 4.69) is 26.4 Å². The lowest BCUT2D eigenvalue weighted by molar-refractivity contribution is 0.270. The van der Waals surface area contributed by atoms with Gasteiger partial charge < -0.3 is 4.98 Å². The van der Waals surface area contributed by atoms with E-state index in [0.717, 1.165) is 4.47 Å². The van der Waals surface area contributed by atoms with Crippen LogP contribution in [0.25, 0.3) is 5.03 Å². The molecule has 1 rings (SSSR count). The predicted molar refractivity (Wildman–Crippen MR) is 69.5 cm³/mol. The summed E-state index contributed by atoms with van der Waals surface area (Å²) >= 11 is 14.6. The van der Waals surface area contributed by atoms with Crippen LogP contribution >= 0.6 is 39.7 Å². The van der Waals surface area contributed by atoms with Gasteiger partial charge in [-0.1, -0.05) is 29.9 Å². The third kappa shape index (κ3) is 2.81. The van der Waals surface area contributed by atoms with Crippen molar-refractivity contribution in [1.29, 1.82) is 0 Å². The van der Waals surface area contributed by atoms with E-state index in [9.17, 15) is 0 Å². The first kappa shape index (κ1) is 12.7. The van der Waals surface area contributed by atoms with Gasteiger partial charge in [-0.3, -0.25) is 10.3 Å². The number of hydrogen-bond acceptors (Lipinski definition) is 3. The summed E-state index contributed by atoms with van der Waals surface area (Å²) in [7, 11) is 1.52. The number of rotatable bonds is 3. The third-order valence-corrected chi connectivity index (χ3v) is 3.45. The van der Waals surface area contributed by atoms with Gasteiger partial charge in [0.2, 0.25) is 0 Å². The zero-order valence-corrected chi connectivity index (χ0v) is 11.4. The van der Waals surface area contributed by atoms with Crippen LogP contribution in [0, 0.1) is 4.51 Å². The van der Waals surface area contributed by atoms with Gasteiger partial charge >= 0.3 is 0 Å². The number of allylic oxidation sites excluding steroid dienone is 1. The number of H-pyrrole nitrogens is 1. The molecule has 82 valence electrons. The molecule has 6 heteroatoms. The summed E-state index contributed by atoms with van der Waals surface area (Å²) in [5, 5.41) is 0.577. The van der Waals surface area contributed by atoms with Gasteiger partial charge in [0.15, 0.2) is 0 Å². The molecule has 3 nitrogen and oxygen atoms in total. The quantitative estimate of drug-likeness (QED) is 0.652. The van der Waals surface area contributed by atoms with Crippen LogP contribution in [0.5, 0.6) is 0 Å². The van der Waals surface area contributed by atoms with E-state index < -0.39 is 0 Å². The third-order valence-electron chi connectivity index (χ3n) is 1.73. The van der Waals surface area contributed by atoms with Crippen LogP contribution in [-0.2, 0) is 4.84 Å². The first-order valence-corrected chi connectivity index (χ1v) is 5.72. The molecular weight excluding hydrogens is 300 g/mol. The Kier molecular flexibility index (Phi) is 4.79. The SMILES string of the molecule is C/C=C(/Cl)c1[nH]cc(Br)c(=S)c1NOC. The average molecular weight is 310 g/mol. The summed E-state index contributed by atoms with van der Waals surface area (Å²) in [5.41, 5.74) is 4.06. The van der Waals surface area contributed by atoms with E-state index in [1.807, 2.05) is 6.92 Å². The van der Waals surface area contributed by atoms with Gasteiger partial charge in [0.25, 0.3) is 0 Å². The van der Waals surface area contributed by atoms with E-state index in [-0.39, 0.29) is 0 Å². The minimum Gasteiger partial charge on any atom is -0.358 e. The summed E-state index contributed by atoms with van der Waals surface area (Å²) in [6, 6.07) is 0. The van der Waals surface area contributed by atoms with Crippen molar-refractivity contribution in [2.75, 3.05) is 12.6 Å². The highest BCUT2D eigenvalue weighted by molar-refractivity contribution is 9.10. The van der Waals surface area contributed by atoms with E-state index in [0.29, 0.717) is 20.9 Å². The molecule has 0 saturated heterocycles. The molecule has 1 heterocycles. The second-order valence-electron chi connectivity index (χ2n) is 2.66. The first-order valence-electron chi connectivity index (χ1n) is 4.14. The topological polar surface area (TPSA) is 37.0 Å². The maximum atomic E-state index is 6.03. The van der Waals surface area contributed by atoms with Crippen LogP contribution in [0.15, 0.2) is 16.7 Å². The molecule has 0 radical (unpaired) electrons. The van der Waals surface area contributed by atoms with E-state index >= 15 is 0 Å². The van der Waals surface area contributed by atoms with E-state index in [1.165, 1.54) is 7.11 Å². The second kappa shape index (κ2) is 5.65. The van der Waals surface area contributed by atoms with Crippen molar-refractivity contribution in [3.05, 3.63) is 26.9 Å². The zero-order valence-electron chi connectivity index (χ0n) is 8.23. The molecule has 1 aromatic rings. The molecular formula is C9H10BrClN2OS. The van der Waals surface area contributed by atoms with Gasteiger partial charge in [-0.25, -0.2) is 0 Å². The first-order chi connectivity index (χ1) is 7.11. The summed E-state index contributed by atoms with van der Waals surface area (Å²) in [5.74, 6) is 0. The second-order valence-corrected chi connectivity index (χ2v) is 4.33. The highest BCUT2D eigenvalue weighted by Crippen LogP contribution is 2.29.